The number of imidazole rings is 1. The van der Waals surface area contributed by atoms with Gasteiger partial charge in [0, 0.05) is 25.2 Å². The Kier molecular flexibility index (Phi) is 4.74. The minimum Gasteiger partial charge on any atom is -0.335 e. The topological polar surface area (TPSA) is 70.1 Å². The number of para-hydroxylation sites is 2. The number of aromatic amines is 1. The van der Waals surface area contributed by atoms with Crippen LogP contribution >= 0.6 is 11.8 Å². The monoisotopic (exact) mass is 360 g/mol. The Morgan fingerprint density at radius 3 is 2.60 bits per heavy atom. The number of hydrogen-bond donors (Lipinski definition) is 2. The van der Waals surface area contributed by atoms with Crippen molar-refractivity contribution in [3.8, 4) is 0 Å². The number of nitrogens with one attached hydrogen (secondary N) is 2. The molecule has 0 unspecified atom stereocenters. The number of piperidine rings is 1. The average molecular weight is 360 g/mol. The number of carbonyl (C=O) groups excluding carboxylic acids is 1. The van der Waals surface area contributed by atoms with Crippen LogP contribution in [0, 0.1) is 0 Å². The highest BCUT2D eigenvalue weighted by Crippen LogP contribution is 2.25. The number of fused-ring (bicyclic) bond motifs is 1. The summed E-state index contributed by atoms with van der Waals surface area (Å²) in [4.78, 5) is 29.6. The summed E-state index contributed by atoms with van der Waals surface area (Å²) in [6, 6.07) is 8.32. The fourth-order valence-electron chi connectivity index (χ4n) is 3.87. The Bertz CT molecular complexity index is 801. The lowest BCUT2D eigenvalue weighted by molar-refractivity contribution is 0.168. The second kappa shape index (κ2) is 7.15. The lowest BCUT2D eigenvalue weighted by Gasteiger charge is -2.34. The molecular weight excluding hydrogens is 336 g/mol. The van der Waals surface area contributed by atoms with Crippen LogP contribution in [0.5, 0.6) is 0 Å². The Morgan fingerprint density at radius 1 is 1.12 bits per heavy atom. The van der Waals surface area contributed by atoms with Gasteiger partial charge in [-0.25, -0.2) is 9.59 Å². The minimum atomic E-state index is -0.0520. The highest BCUT2D eigenvalue weighted by atomic mass is 32.2. The lowest BCUT2D eigenvalue weighted by atomic mass is 10.0. The molecule has 7 heteroatoms. The summed E-state index contributed by atoms with van der Waals surface area (Å²) in [7, 11) is 0. The van der Waals surface area contributed by atoms with E-state index in [0.717, 1.165) is 48.2 Å². The predicted molar refractivity (Wildman–Crippen MR) is 101 cm³/mol. The van der Waals surface area contributed by atoms with Crippen molar-refractivity contribution in [1.82, 2.24) is 19.8 Å². The Labute approximate surface area is 151 Å². The molecule has 25 heavy (non-hydrogen) atoms. The summed E-state index contributed by atoms with van der Waals surface area (Å²) in [5.74, 6) is 2.27. The van der Waals surface area contributed by atoms with Crippen LogP contribution < -0.4 is 11.0 Å². The van der Waals surface area contributed by atoms with Crippen LogP contribution in [-0.2, 0) is 0 Å². The average Bonchev–Trinajstić information content (AvgIpc) is 2.98. The second-order valence-electron chi connectivity index (χ2n) is 6.87. The Balaban J connectivity index is 1.40. The van der Waals surface area contributed by atoms with Crippen molar-refractivity contribution >= 4 is 28.8 Å². The van der Waals surface area contributed by atoms with E-state index in [0.29, 0.717) is 19.1 Å². The van der Waals surface area contributed by atoms with E-state index in [-0.39, 0.29) is 17.8 Å². The lowest BCUT2D eigenvalue weighted by Crippen LogP contribution is -2.49. The van der Waals surface area contributed by atoms with Crippen molar-refractivity contribution in [2.75, 3.05) is 24.6 Å². The number of hydrogen-bond acceptors (Lipinski definition) is 3. The van der Waals surface area contributed by atoms with Gasteiger partial charge in [0.1, 0.15) is 0 Å². The molecule has 0 atom stereocenters. The van der Waals surface area contributed by atoms with E-state index in [4.69, 9.17) is 0 Å². The second-order valence-corrected chi connectivity index (χ2v) is 8.10. The van der Waals surface area contributed by atoms with Crippen molar-refractivity contribution in [3.05, 3.63) is 34.7 Å². The molecule has 0 radical (unpaired) electrons. The van der Waals surface area contributed by atoms with Gasteiger partial charge in [-0.05, 0) is 49.3 Å². The third-order valence-electron chi connectivity index (χ3n) is 5.29. The van der Waals surface area contributed by atoms with Crippen molar-refractivity contribution < 1.29 is 4.79 Å². The maximum Gasteiger partial charge on any atom is 0.326 e. The maximum atomic E-state index is 12.5. The summed E-state index contributed by atoms with van der Waals surface area (Å²) in [5.41, 5.74) is 1.78. The summed E-state index contributed by atoms with van der Waals surface area (Å²) < 4.78 is 1.86. The molecule has 0 saturated carbocycles. The summed E-state index contributed by atoms with van der Waals surface area (Å²) in [6.07, 6.45) is 3.76. The van der Waals surface area contributed by atoms with Gasteiger partial charge in [-0.15, -0.1) is 0 Å². The molecule has 4 rings (SSSR count). The molecule has 2 aliphatic rings. The number of carbonyl (C=O) groups is 1. The van der Waals surface area contributed by atoms with Crippen LogP contribution in [0.1, 0.15) is 31.7 Å². The van der Waals surface area contributed by atoms with E-state index in [9.17, 15) is 9.59 Å². The van der Waals surface area contributed by atoms with E-state index in [1.54, 1.807) is 0 Å². The molecule has 6 nitrogen and oxygen atoms in total. The molecule has 0 bridgehead atoms. The molecule has 1 aromatic carbocycles. The van der Waals surface area contributed by atoms with Crippen molar-refractivity contribution in [3.63, 3.8) is 0 Å². The fourth-order valence-corrected chi connectivity index (χ4v) is 4.98. The molecule has 134 valence electrons. The first-order chi connectivity index (χ1) is 12.2. The number of likely N-dealkylation sites (tertiary alicyclic amines) is 1. The molecule has 2 aliphatic heterocycles. The number of rotatable bonds is 2. The molecule has 3 heterocycles. The smallest absolute Gasteiger partial charge is 0.326 e. The molecule has 2 N–H and O–H groups in total. The number of urea groups is 1. The number of thioether (sulfide) groups is 1. The van der Waals surface area contributed by atoms with Gasteiger partial charge in [0.05, 0.1) is 11.0 Å². The van der Waals surface area contributed by atoms with Crippen molar-refractivity contribution in [1.29, 1.82) is 0 Å². The molecule has 2 aromatic rings. The molecule has 2 fully saturated rings. The summed E-state index contributed by atoms with van der Waals surface area (Å²) in [5, 5.41) is 3.18. The molecule has 2 amide bonds. The van der Waals surface area contributed by atoms with Crippen molar-refractivity contribution in [2.45, 2.75) is 37.8 Å². The predicted octanol–water partition coefficient (Wildman–Crippen LogP) is 2.57. The molecule has 1 aromatic heterocycles. The van der Waals surface area contributed by atoms with Gasteiger partial charge in [-0.3, -0.25) is 4.57 Å². The fraction of sp³-hybridized carbons (Fsp3) is 0.556. The number of H-pyrrole nitrogens is 1. The highest BCUT2D eigenvalue weighted by Gasteiger charge is 2.27. The van der Waals surface area contributed by atoms with Crippen LogP contribution in [0.2, 0.25) is 0 Å². The molecule has 0 aliphatic carbocycles. The minimum absolute atomic E-state index is 0.0520. The third-order valence-corrected chi connectivity index (χ3v) is 6.34. The van der Waals surface area contributed by atoms with Gasteiger partial charge >= 0.3 is 11.7 Å². The van der Waals surface area contributed by atoms with E-state index in [2.05, 4.69) is 10.3 Å². The van der Waals surface area contributed by atoms with Gasteiger partial charge in [-0.2, -0.15) is 11.8 Å². The first-order valence-electron chi connectivity index (χ1n) is 9.05. The molecular formula is C18H24N4O2S. The van der Waals surface area contributed by atoms with Gasteiger partial charge in [0.2, 0.25) is 0 Å². The van der Waals surface area contributed by atoms with Crippen LogP contribution in [0.3, 0.4) is 0 Å². The first kappa shape index (κ1) is 16.6. The quantitative estimate of drug-likeness (QED) is 0.865. The third kappa shape index (κ3) is 3.42. The van der Waals surface area contributed by atoms with Gasteiger partial charge in [0.15, 0.2) is 0 Å². The van der Waals surface area contributed by atoms with Gasteiger partial charge in [0.25, 0.3) is 0 Å². The maximum absolute atomic E-state index is 12.5. The van der Waals surface area contributed by atoms with Crippen LogP contribution in [0.4, 0.5) is 4.79 Å². The number of benzene rings is 1. The SMILES string of the molecule is O=C(NC1CCSCC1)N1CCC(n2c(=O)[nH]c3ccccc32)CC1. The van der Waals surface area contributed by atoms with E-state index in [1.165, 1.54) is 0 Å². The van der Waals surface area contributed by atoms with Crippen LogP contribution in [0.15, 0.2) is 29.1 Å². The molecule has 2 saturated heterocycles. The van der Waals surface area contributed by atoms with E-state index >= 15 is 0 Å². The van der Waals surface area contributed by atoms with E-state index < -0.39 is 0 Å². The van der Waals surface area contributed by atoms with Gasteiger partial charge in [-0.1, -0.05) is 12.1 Å². The number of nitrogens with zero attached hydrogens (tertiary/aromatic N) is 2. The summed E-state index contributed by atoms with van der Waals surface area (Å²) >= 11 is 1.96. The Hall–Kier alpha value is -1.89. The normalized spacial score (nSPS) is 20.1. The number of amides is 2. The number of aromatic nitrogens is 2. The van der Waals surface area contributed by atoms with Crippen LogP contribution in [-0.4, -0.2) is 51.1 Å². The first-order valence-corrected chi connectivity index (χ1v) is 10.2. The Morgan fingerprint density at radius 2 is 1.84 bits per heavy atom. The zero-order chi connectivity index (χ0) is 17.2. The van der Waals surface area contributed by atoms with E-state index in [1.807, 2.05) is 45.5 Å². The van der Waals surface area contributed by atoms with Crippen LogP contribution in [0.25, 0.3) is 11.0 Å². The zero-order valence-corrected chi connectivity index (χ0v) is 15.1. The molecule has 0 spiro atoms. The largest absolute Gasteiger partial charge is 0.335 e. The standard InChI is InChI=1S/C18H24N4O2S/c23-17(19-13-7-11-25-12-8-13)21-9-5-14(6-10-21)22-16-4-2-1-3-15(16)20-18(22)24/h1-4,13-14H,5-12H2,(H,19,23)(H,20,24). The van der Waals surface area contributed by atoms with Gasteiger partial charge < -0.3 is 15.2 Å². The zero-order valence-electron chi connectivity index (χ0n) is 14.2. The summed E-state index contributed by atoms with van der Waals surface area (Å²) in [6.45, 7) is 1.40. The van der Waals surface area contributed by atoms with Crippen molar-refractivity contribution in [2.24, 2.45) is 0 Å². The highest BCUT2D eigenvalue weighted by molar-refractivity contribution is 7.99.